The van der Waals surface area contributed by atoms with Crippen molar-refractivity contribution >= 4 is 27.3 Å². The van der Waals surface area contributed by atoms with Crippen molar-refractivity contribution < 1.29 is 22.3 Å². The number of para-hydroxylation sites is 1. The summed E-state index contributed by atoms with van der Waals surface area (Å²) in [6.07, 6.45) is 2.50. The number of carbonyl (C=O) groups is 1. The third kappa shape index (κ3) is 5.32. The molecule has 1 N–H and O–H groups in total. The fourth-order valence-electron chi connectivity index (χ4n) is 2.18. The van der Waals surface area contributed by atoms with Crippen LogP contribution in [0.15, 0.2) is 61.2 Å². The molecule has 0 saturated heterocycles. The van der Waals surface area contributed by atoms with Gasteiger partial charge in [0.15, 0.2) is 0 Å². The number of rotatable bonds is 8. The molecule has 0 fully saturated rings. The first kappa shape index (κ1) is 19.5. The van der Waals surface area contributed by atoms with Crippen molar-refractivity contribution in [2.45, 2.75) is 0 Å². The number of benzene rings is 2. The van der Waals surface area contributed by atoms with Crippen LogP contribution in [0.3, 0.4) is 0 Å². The van der Waals surface area contributed by atoms with E-state index in [0.29, 0.717) is 18.0 Å². The number of hydrogen-bond acceptors (Lipinski definition) is 4. The van der Waals surface area contributed by atoms with E-state index in [4.69, 9.17) is 4.74 Å². The standard InChI is InChI=1S/C18H19FN2O4S/c1-3-11-25-15-8-6-7-14(12-15)20-18(22)13-21(26(2,23)24)17-10-5-4-9-16(17)19/h3-10,12H,1,11,13H2,2H3,(H,20,22). The van der Waals surface area contributed by atoms with Gasteiger partial charge in [0, 0.05) is 11.8 Å². The van der Waals surface area contributed by atoms with Crippen molar-refractivity contribution in [2.75, 3.05) is 29.0 Å². The average molecular weight is 378 g/mol. The Bertz CT molecular complexity index is 900. The minimum Gasteiger partial charge on any atom is -0.489 e. The van der Waals surface area contributed by atoms with Gasteiger partial charge in [0.05, 0.1) is 11.9 Å². The predicted octanol–water partition coefficient (Wildman–Crippen LogP) is 2.80. The Labute approximate surface area is 151 Å². The minimum atomic E-state index is -3.85. The van der Waals surface area contributed by atoms with Crippen molar-refractivity contribution in [3.8, 4) is 5.75 Å². The molecular formula is C18H19FN2O4S. The molecule has 26 heavy (non-hydrogen) atoms. The Morgan fingerprint density at radius 2 is 2.00 bits per heavy atom. The number of anilines is 2. The van der Waals surface area contributed by atoms with Crippen molar-refractivity contribution in [2.24, 2.45) is 0 Å². The zero-order valence-corrected chi connectivity index (χ0v) is 15.0. The Morgan fingerprint density at radius 1 is 1.27 bits per heavy atom. The highest BCUT2D eigenvalue weighted by Crippen LogP contribution is 2.22. The smallest absolute Gasteiger partial charge is 0.245 e. The van der Waals surface area contributed by atoms with Crippen LogP contribution in [0.4, 0.5) is 15.8 Å². The van der Waals surface area contributed by atoms with E-state index >= 15 is 0 Å². The maximum atomic E-state index is 14.0. The summed E-state index contributed by atoms with van der Waals surface area (Å²) in [5.74, 6) is -0.818. The molecule has 138 valence electrons. The Kier molecular flexibility index (Phi) is 6.35. The van der Waals surface area contributed by atoms with Gasteiger partial charge in [-0.25, -0.2) is 12.8 Å². The molecule has 0 aliphatic rings. The number of hydrogen-bond donors (Lipinski definition) is 1. The molecule has 0 atom stereocenters. The second kappa shape index (κ2) is 8.48. The van der Waals surface area contributed by atoms with E-state index in [9.17, 15) is 17.6 Å². The van der Waals surface area contributed by atoms with Crippen LogP contribution in [-0.2, 0) is 14.8 Å². The molecule has 0 heterocycles. The van der Waals surface area contributed by atoms with Gasteiger partial charge in [-0.05, 0) is 24.3 Å². The van der Waals surface area contributed by atoms with Gasteiger partial charge < -0.3 is 10.1 Å². The van der Waals surface area contributed by atoms with E-state index in [1.807, 2.05) is 0 Å². The fourth-order valence-corrected chi connectivity index (χ4v) is 3.04. The lowest BCUT2D eigenvalue weighted by Crippen LogP contribution is -2.38. The number of nitrogens with one attached hydrogen (secondary N) is 1. The topological polar surface area (TPSA) is 75.7 Å². The van der Waals surface area contributed by atoms with Gasteiger partial charge in [0.1, 0.15) is 24.7 Å². The molecule has 1 amide bonds. The lowest BCUT2D eigenvalue weighted by Gasteiger charge is -2.22. The van der Waals surface area contributed by atoms with Gasteiger partial charge in [-0.3, -0.25) is 9.10 Å². The predicted molar refractivity (Wildman–Crippen MR) is 99.4 cm³/mol. The number of carbonyl (C=O) groups excluding carboxylic acids is 1. The minimum absolute atomic E-state index is 0.187. The first-order chi connectivity index (χ1) is 12.3. The Balaban J connectivity index is 2.16. The van der Waals surface area contributed by atoms with Crippen LogP contribution in [0.5, 0.6) is 5.75 Å². The molecule has 2 rings (SSSR count). The highest BCUT2D eigenvalue weighted by Gasteiger charge is 2.23. The molecule has 8 heteroatoms. The summed E-state index contributed by atoms with van der Waals surface area (Å²) in [4.78, 5) is 12.3. The maximum Gasteiger partial charge on any atom is 0.245 e. The van der Waals surface area contributed by atoms with Gasteiger partial charge in [0.25, 0.3) is 0 Å². The second-order valence-corrected chi connectivity index (χ2v) is 7.30. The third-order valence-electron chi connectivity index (χ3n) is 3.29. The van der Waals surface area contributed by atoms with Crippen molar-refractivity contribution in [1.82, 2.24) is 0 Å². The molecule has 0 radical (unpaired) electrons. The van der Waals surface area contributed by atoms with Crippen LogP contribution >= 0.6 is 0 Å². The molecule has 6 nitrogen and oxygen atoms in total. The monoisotopic (exact) mass is 378 g/mol. The van der Waals surface area contributed by atoms with Crippen LogP contribution in [0.25, 0.3) is 0 Å². The first-order valence-corrected chi connectivity index (χ1v) is 9.52. The van der Waals surface area contributed by atoms with Crippen LogP contribution in [-0.4, -0.2) is 33.7 Å². The fraction of sp³-hybridized carbons (Fsp3) is 0.167. The van der Waals surface area contributed by atoms with E-state index in [1.165, 1.54) is 18.2 Å². The second-order valence-electron chi connectivity index (χ2n) is 5.40. The zero-order valence-electron chi connectivity index (χ0n) is 14.2. The number of halogens is 1. The lowest BCUT2D eigenvalue weighted by molar-refractivity contribution is -0.114. The first-order valence-electron chi connectivity index (χ1n) is 7.67. The highest BCUT2D eigenvalue weighted by atomic mass is 32.2. The summed E-state index contributed by atoms with van der Waals surface area (Å²) in [7, 11) is -3.85. The molecular weight excluding hydrogens is 359 g/mol. The number of ether oxygens (including phenoxy) is 1. The summed E-state index contributed by atoms with van der Waals surface area (Å²) in [5.41, 5.74) is 0.242. The van der Waals surface area contributed by atoms with E-state index in [2.05, 4.69) is 11.9 Å². The van der Waals surface area contributed by atoms with Gasteiger partial charge in [0.2, 0.25) is 15.9 Å². The van der Waals surface area contributed by atoms with E-state index in [1.54, 1.807) is 30.3 Å². The van der Waals surface area contributed by atoms with Crippen LogP contribution in [0.1, 0.15) is 0 Å². The summed E-state index contributed by atoms with van der Waals surface area (Å²) in [6.45, 7) is 3.30. The van der Waals surface area contributed by atoms with Crippen molar-refractivity contribution in [3.63, 3.8) is 0 Å². The largest absolute Gasteiger partial charge is 0.489 e. The summed E-state index contributed by atoms with van der Waals surface area (Å²) >= 11 is 0. The number of nitrogens with zero attached hydrogens (tertiary/aromatic N) is 1. The molecule has 0 unspecified atom stereocenters. The van der Waals surface area contributed by atoms with E-state index in [-0.39, 0.29) is 5.69 Å². The molecule has 2 aromatic carbocycles. The molecule has 0 aliphatic carbocycles. The summed E-state index contributed by atoms with van der Waals surface area (Å²) in [6, 6.07) is 12.0. The van der Waals surface area contributed by atoms with E-state index < -0.39 is 28.3 Å². The molecule has 0 aromatic heterocycles. The quantitative estimate of drug-likeness (QED) is 0.717. The Morgan fingerprint density at radius 3 is 2.65 bits per heavy atom. The van der Waals surface area contributed by atoms with Gasteiger partial charge in [-0.1, -0.05) is 30.9 Å². The van der Waals surface area contributed by atoms with Crippen LogP contribution in [0, 0.1) is 5.82 Å². The van der Waals surface area contributed by atoms with Crippen LogP contribution in [0.2, 0.25) is 0 Å². The molecule has 2 aromatic rings. The lowest BCUT2D eigenvalue weighted by atomic mass is 10.3. The maximum absolute atomic E-state index is 14.0. The molecule has 0 aliphatic heterocycles. The van der Waals surface area contributed by atoms with Crippen molar-refractivity contribution in [3.05, 3.63) is 67.0 Å². The van der Waals surface area contributed by atoms with Crippen molar-refractivity contribution in [1.29, 1.82) is 0 Å². The SMILES string of the molecule is C=CCOc1cccc(NC(=O)CN(c2ccccc2F)S(C)(=O)=O)c1. The molecule has 0 spiro atoms. The van der Waals surface area contributed by atoms with E-state index in [0.717, 1.165) is 16.6 Å². The normalized spacial score (nSPS) is 10.8. The third-order valence-corrected chi connectivity index (χ3v) is 4.42. The zero-order chi connectivity index (χ0) is 19.2. The summed E-state index contributed by atoms with van der Waals surface area (Å²) < 4.78 is 44.0. The van der Waals surface area contributed by atoms with Crippen LogP contribution < -0.4 is 14.4 Å². The highest BCUT2D eigenvalue weighted by molar-refractivity contribution is 7.92. The van der Waals surface area contributed by atoms with Gasteiger partial charge in [-0.2, -0.15) is 0 Å². The average Bonchev–Trinajstić information content (AvgIpc) is 2.58. The van der Waals surface area contributed by atoms with Gasteiger partial charge >= 0.3 is 0 Å². The number of amides is 1. The number of sulfonamides is 1. The Hall–Kier alpha value is -2.87. The molecule has 0 bridgehead atoms. The van der Waals surface area contributed by atoms with Gasteiger partial charge in [-0.15, -0.1) is 0 Å². The summed E-state index contributed by atoms with van der Waals surface area (Å²) in [5, 5.41) is 2.58. The molecule has 0 saturated carbocycles.